The van der Waals surface area contributed by atoms with E-state index in [0.717, 1.165) is 35.5 Å². The predicted octanol–water partition coefficient (Wildman–Crippen LogP) is 4.82. The van der Waals surface area contributed by atoms with E-state index in [1.54, 1.807) is 9.42 Å². The van der Waals surface area contributed by atoms with Crippen molar-refractivity contribution >= 4 is 29.0 Å². The van der Waals surface area contributed by atoms with E-state index in [4.69, 9.17) is 26.4 Å². The SMILES string of the molecule is Cc1cc(N2C(=O)c3nc(C4CCOCC4)n(C(C)C)c3[C@@H]2c2ccc(Cl)cc2)nn2c(C)nnc12. The Morgan fingerprint density at radius 3 is 2.50 bits per heavy atom. The lowest BCUT2D eigenvalue weighted by Crippen LogP contribution is -2.32. The highest BCUT2D eigenvalue weighted by Crippen LogP contribution is 2.44. The van der Waals surface area contributed by atoms with Crippen LogP contribution in [0, 0.1) is 13.8 Å². The number of carbonyl (C=O) groups is 1. The number of fused-ring (bicyclic) bond motifs is 2. The molecule has 9 nitrogen and oxygen atoms in total. The maximum Gasteiger partial charge on any atom is 0.280 e. The first-order chi connectivity index (χ1) is 17.3. The number of carbonyl (C=O) groups excluding carboxylic acids is 1. The largest absolute Gasteiger partial charge is 0.381 e. The fourth-order valence-corrected chi connectivity index (χ4v) is 5.57. The lowest BCUT2D eigenvalue weighted by molar-refractivity contribution is 0.0824. The summed E-state index contributed by atoms with van der Waals surface area (Å²) in [5.74, 6) is 2.27. The zero-order valence-corrected chi connectivity index (χ0v) is 21.5. The number of ether oxygens (including phenoxy) is 1. The van der Waals surface area contributed by atoms with E-state index < -0.39 is 6.04 Å². The normalized spacial score (nSPS) is 18.6. The monoisotopic (exact) mass is 505 g/mol. The predicted molar refractivity (Wildman–Crippen MR) is 136 cm³/mol. The highest BCUT2D eigenvalue weighted by Gasteiger charge is 2.46. The summed E-state index contributed by atoms with van der Waals surface area (Å²) in [5.41, 5.74) is 3.91. The number of amides is 1. The number of halogens is 1. The lowest BCUT2D eigenvalue weighted by atomic mass is 9.98. The van der Waals surface area contributed by atoms with Gasteiger partial charge in [0.2, 0.25) is 0 Å². The van der Waals surface area contributed by atoms with Gasteiger partial charge in [0.15, 0.2) is 23.0 Å². The second-order valence-corrected chi connectivity index (χ2v) is 10.3. The number of hydrogen-bond acceptors (Lipinski definition) is 6. The third-order valence-corrected chi connectivity index (χ3v) is 7.40. The second kappa shape index (κ2) is 8.67. The molecule has 3 aromatic heterocycles. The molecule has 186 valence electrons. The average Bonchev–Trinajstić information content (AvgIpc) is 3.52. The van der Waals surface area contributed by atoms with E-state index >= 15 is 0 Å². The van der Waals surface area contributed by atoms with Crippen molar-refractivity contribution in [3.8, 4) is 0 Å². The van der Waals surface area contributed by atoms with Crippen LogP contribution in [-0.2, 0) is 4.74 Å². The van der Waals surface area contributed by atoms with Crippen LogP contribution in [0.5, 0.6) is 0 Å². The molecule has 5 heterocycles. The highest BCUT2D eigenvalue weighted by atomic mass is 35.5. The molecule has 1 atom stereocenters. The summed E-state index contributed by atoms with van der Waals surface area (Å²) < 4.78 is 9.55. The molecule has 2 aliphatic rings. The Balaban J connectivity index is 1.57. The summed E-state index contributed by atoms with van der Waals surface area (Å²) in [6.07, 6.45) is 1.80. The molecule has 0 N–H and O–H groups in total. The maximum absolute atomic E-state index is 14.1. The van der Waals surface area contributed by atoms with Gasteiger partial charge >= 0.3 is 0 Å². The smallest absolute Gasteiger partial charge is 0.280 e. The molecule has 2 aliphatic heterocycles. The Labute approximate surface area is 214 Å². The number of aryl methyl sites for hydroxylation is 2. The Morgan fingerprint density at radius 1 is 1.08 bits per heavy atom. The van der Waals surface area contributed by atoms with Gasteiger partial charge in [-0.2, -0.15) is 4.52 Å². The first-order valence-corrected chi connectivity index (χ1v) is 12.7. The third kappa shape index (κ3) is 3.52. The van der Waals surface area contributed by atoms with Gasteiger partial charge in [-0.25, -0.2) is 4.98 Å². The topological polar surface area (TPSA) is 90.4 Å². The van der Waals surface area contributed by atoms with Crippen molar-refractivity contribution in [3.63, 3.8) is 0 Å². The van der Waals surface area contributed by atoms with Gasteiger partial charge in [-0.05, 0) is 69.9 Å². The van der Waals surface area contributed by atoms with Crippen molar-refractivity contribution in [2.75, 3.05) is 18.1 Å². The van der Waals surface area contributed by atoms with Crippen LogP contribution in [0.4, 0.5) is 5.82 Å². The molecule has 0 spiro atoms. The minimum absolute atomic E-state index is 0.124. The number of nitrogens with zero attached hydrogens (tertiary/aromatic N) is 7. The minimum Gasteiger partial charge on any atom is -0.381 e. The zero-order valence-electron chi connectivity index (χ0n) is 20.8. The molecule has 1 amide bonds. The van der Waals surface area contributed by atoms with Crippen molar-refractivity contribution in [1.82, 2.24) is 29.4 Å². The Hall–Kier alpha value is -3.30. The summed E-state index contributed by atoms with van der Waals surface area (Å²) in [6, 6.07) is 9.30. The molecule has 0 bridgehead atoms. The van der Waals surface area contributed by atoms with E-state index in [0.29, 0.717) is 41.2 Å². The summed E-state index contributed by atoms with van der Waals surface area (Å²) >= 11 is 6.24. The fourth-order valence-electron chi connectivity index (χ4n) is 5.44. The van der Waals surface area contributed by atoms with Gasteiger partial charge < -0.3 is 9.30 Å². The number of imidazole rings is 1. The van der Waals surface area contributed by atoms with Gasteiger partial charge in [0.25, 0.3) is 5.91 Å². The van der Waals surface area contributed by atoms with Crippen molar-refractivity contribution < 1.29 is 9.53 Å². The highest BCUT2D eigenvalue weighted by molar-refractivity contribution is 6.30. The Kier molecular flexibility index (Phi) is 5.57. The summed E-state index contributed by atoms with van der Waals surface area (Å²) in [7, 11) is 0. The first kappa shape index (κ1) is 23.1. The molecular weight excluding hydrogens is 478 g/mol. The standard InChI is InChI=1S/C26H28ClN7O2/c1-14(2)32-23-21(28-25(32)18-9-11-36-12-10-18)26(35)33(22(23)17-5-7-19(27)8-6-17)20-13-15(3)24-30-29-16(4)34(24)31-20/h5-8,13-14,18,22H,9-12H2,1-4H3/t22-/m0/s1. The zero-order chi connectivity index (χ0) is 25.1. The third-order valence-electron chi connectivity index (χ3n) is 7.15. The first-order valence-electron chi connectivity index (χ1n) is 12.3. The van der Waals surface area contributed by atoms with Crippen LogP contribution in [0.1, 0.15) is 83.6 Å². The molecule has 0 aliphatic carbocycles. The van der Waals surface area contributed by atoms with E-state index in [1.807, 2.05) is 44.2 Å². The van der Waals surface area contributed by atoms with Gasteiger partial charge in [-0.3, -0.25) is 9.69 Å². The van der Waals surface area contributed by atoms with Crippen LogP contribution < -0.4 is 4.90 Å². The molecule has 1 fully saturated rings. The number of hydrogen-bond donors (Lipinski definition) is 0. The maximum atomic E-state index is 14.1. The van der Waals surface area contributed by atoms with E-state index in [9.17, 15) is 4.79 Å². The van der Waals surface area contributed by atoms with E-state index in [2.05, 4.69) is 28.6 Å². The number of benzene rings is 1. The number of rotatable bonds is 4. The summed E-state index contributed by atoms with van der Waals surface area (Å²) in [5, 5.41) is 13.8. The van der Waals surface area contributed by atoms with Gasteiger partial charge in [0.1, 0.15) is 11.9 Å². The van der Waals surface area contributed by atoms with Crippen molar-refractivity contribution in [2.24, 2.45) is 0 Å². The van der Waals surface area contributed by atoms with Crippen LogP contribution in [0.3, 0.4) is 0 Å². The quantitative estimate of drug-likeness (QED) is 0.395. The van der Waals surface area contributed by atoms with Gasteiger partial charge in [0, 0.05) is 30.2 Å². The molecule has 6 rings (SSSR count). The van der Waals surface area contributed by atoms with Gasteiger partial charge in [-0.1, -0.05) is 23.7 Å². The molecule has 36 heavy (non-hydrogen) atoms. The van der Waals surface area contributed by atoms with Crippen LogP contribution in [-0.4, -0.2) is 48.5 Å². The molecule has 4 aromatic rings. The molecule has 0 unspecified atom stereocenters. The minimum atomic E-state index is -0.394. The molecule has 1 saturated heterocycles. The van der Waals surface area contributed by atoms with E-state index in [-0.39, 0.29) is 17.9 Å². The van der Waals surface area contributed by atoms with Gasteiger partial charge in [-0.15, -0.1) is 15.3 Å². The molecule has 0 saturated carbocycles. The van der Waals surface area contributed by atoms with Crippen molar-refractivity contribution in [1.29, 1.82) is 0 Å². The van der Waals surface area contributed by atoms with Crippen molar-refractivity contribution in [3.05, 3.63) is 69.5 Å². The second-order valence-electron chi connectivity index (χ2n) is 9.85. The Bertz CT molecular complexity index is 1470. The summed E-state index contributed by atoms with van der Waals surface area (Å²) in [6.45, 7) is 9.51. The van der Waals surface area contributed by atoms with Crippen LogP contribution in [0.25, 0.3) is 5.65 Å². The molecule has 1 aromatic carbocycles. The molecule has 10 heteroatoms. The summed E-state index contributed by atoms with van der Waals surface area (Å²) in [4.78, 5) is 20.9. The van der Waals surface area contributed by atoms with Crippen molar-refractivity contribution in [2.45, 2.75) is 58.5 Å². The number of anilines is 1. The number of aromatic nitrogens is 6. The lowest BCUT2D eigenvalue weighted by Gasteiger charge is -2.30. The fraction of sp³-hybridized carbons (Fsp3) is 0.423. The Morgan fingerprint density at radius 2 is 1.81 bits per heavy atom. The van der Waals surface area contributed by atoms with Gasteiger partial charge in [0.05, 0.1) is 5.69 Å². The van der Waals surface area contributed by atoms with Crippen LogP contribution >= 0.6 is 11.6 Å². The van der Waals surface area contributed by atoms with E-state index in [1.165, 1.54) is 0 Å². The van der Waals surface area contributed by atoms with Crippen LogP contribution in [0.15, 0.2) is 30.3 Å². The average molecular weight is 506 g/mol. The van der Waals surface area contributed by atoms with Crippen LogP contribution in [0.2, 0.25) is 5.02 Å². The molecule has 0 radical (unpaired) electrons. The molecular formula is C26H28ClN7O2.